The lowest BCUT2D eigenvalue weighted by Crippen LogP contribution is -2.60. The fourth-order valence-electron chi connectivity index (χ4n) is 9.38. The first-order chi connectivity index (χ1) is 23.3. The van der Waals surface area contributed by atoms with E-state index in [4.69, 9.17) is 16.2 Å². The number of terminal acetylenes is 1. The van der Waals surface area contributed by atoms with Gasteiger partial charge in [-0.05, 0) is 75.1 Å². The highest BCUT2D eigenvalue weighted by molar-refractivity contribution is 6.05. The number of aromatic hydroxyl groups is 1. The van der Waals surface area contributed by atoms with Crippen LogP contribution in [0.3, 0.4) is 0 Å². The summed E-state index contributed by atoms with van der Waals surface area (Å²) in [6.45, 7) is 1.51. The SMILES string of the molecule is C#Cc1c(F)ccc2cc(O)cc(C3=C(F)C=C(OC[C@@]45CCCN4C[C@H](F)C5)N4C5=NCN6N[C@H]7CCC6=C5[C@H]7CCCC4=C3F)c12. The molecule has 7 heterocycles. The number of ether oxygens (including phenoxy) is 1. The number of nitrogens with one attached hydrogen (secondary N) is 1. The van der Waals surface area contributed by atoms with Crippen LogP contribution in [0.2, 0.25) is 0 Å². The third kappa shape index (κ3) is 4.31. The molecule has 2 N–H and O–H groups in total. The van der Waals surface area contributed by atoms with Gasteiger partial charge in [0.1, 0.15) is 42.7 Å². The van der Waals surface area contributed by atoms with Crippen molar-refractivity contribution in [3.8, 4) is 18.1 Å². The van der Waals surface area contributed by atoms with Crippen LogP contribution in [0.5, 0.6) is 5.75 Å². The fraction of sp³-hybridized carbons (Fsp3) is 0.432. The Morgan fingerprint density at radius 3 is 2.85 bits per heavy atom. The van der Waals surface area contributed by atoms with Gasteiger partial charge in [-0.15, -0.1) is 6.42 Å². The summed E-state index contributed by atoms with van der Waals surface area (Å²) in [4.78, 5) is 8.71. The number of phenolic OH excluding ortho intramolecular Hbond substituents is 1. The first-order valence-electron chi connectivity index (χ1n) is 16.8. The van der Waals surface area contributed by atoms with E-state index in [1.165, 1.54) is 30.3 Å². The number of hydrazine groups is 1. The highest BCUT2D eigenvalue weighted by atomic mass is 19.1. The van der Waals surface area contributed by atoms with E-state index in [-0.39, 0.29) is 58.8 Å². The number of amidine groups is 1. The number of rotatable bonds is 4. The van der Waals surface area contributed by atoms with Crippen LogP contribution in [-0.2, 0) is 4.74 Å². The van der Waals surface area contributed by atoms with Crippen molar-refractivity contribution in [3.05, 3.63) is 81.8 Å². The fourth-order valence-corrected chi connectivity index (χ4v) is 9.38. The molecule has 0 saturated carbocycles. The third-order valence-electron chi connectivity index (χ3n) is 11.4. The predicted molar refractivity (Wildman–Crippen MR) is 173 cm³/mol. The molecule has 2 aromatic rings. The largest absolute Gasteiger partial charge is 0.508 e. The molecule has 7 nitrogen and oxygen atoms in total. The zero-order valence-corrected chi connectivity index (χ0v) is 26.3. The van der Waals surface area contributed by atoms with Gasteiger partial charge in [0, 0.05) is 53.2 Å². The average Bonchev–Trinajstić information content (AvgIpc) is 3.55. The molecule has 0 amide bonds. The van der Waals surface area contributed by atoms with Crippen LogP contribution in [0.15, 0.2) is 69.8 Å². The van der Waals surface area contributed by atoms with Crippen molar-refractivity contribution >= 4 is 22.2 Å². The lowest BCUT2D eigenvalue weighted by Gasteiger charge is -2.52. The molecule has 48 heavy (non-hydrogen) atoms. The van der Waals surface area contributed by atoms with Crippen molar-refractivity contribution < 1.29 is 27.4 Å². The Labute approximate surface area is 275 Å². The van der Waals surface area contributed by atoms with Gasteiger partial charge in [0.15, 0.2) is 5.83 Å². The second-order valence-corrected chi connectivity index (χ2v) is 14.0. The highest BCUT2D eigenvalue weighted by Gasteiger charge is 2.51. The molecule has 1 aliphatic carbocycles. The molecule has 4 atom stereocenters. The second-order valence-electron chi connectivity index (χ2n) is 14.0. The number of halogens is 4. The Morgan fingerprint density at radius 1 is 1.12 bits per heavy atom. The molecule has 8 aliphatic rings. The number of allylic oxidation sites excluding steroid dienone is 6. The predicted octanol–water partition coefficient (Wildman–Crippen LogP) is 6.68. The van der Waals surface area contributed by atoms with Gasteiger partial charge >= 0.3 is 0 Å². The van der Waals surface area contributed by atoms with Crippen molar-refractivity contribution in [1.29, 1.82) is 0 Å². The number of alkyl halides is 1. The minimum Gasteiger partial charge on any atom is -0.508 e. The zero-order chi connectivity index (χ0) is 32.9. The van der Waals surface area contributed by atoms with Gasteiger partial charge in [-0.25, -0.2) is 28.0 Å². The van der Waals surface area contributed by atoms with E-state index in [9.17, 15) is 9.50 Å². The molecule has 4 saturated heterocycles. The molecule has 10 rings (SSSR count). The quantitative estimate of drug-likeness (QED) is 0.283. The first kappa shape index (κ1) is 29.8. The molecule has 248 valence electrons. The number of aliphatic imine (C=N–C) groups is 1. The van der Waals surface area contributed by atoms with Crippen LogP contribution >= 0.6 is 0 Å². The monoisotopic (exact) mass is 657 g/mol. The molecule has 7 aliphatic heterocycles. The topological polar surface area (TPSA) is 63.6 Å². The van der Waals surface area contributed by atoms with Gasteiger partial charge in [0.05, 0.1) is 22.4 Å². The second kappa shape index (κ2) is 10.9. The van der Waals surface area contributed by atoms with Gasteiger partial charge in [-0.1, -0.05) is 12.0 Å². The smallest absolute Gasteiger partial charge is 0.202 e. The number of nitrogens with zero attached hydrogens (tertiary/aromatic N) is 4. The van der Waals surface area contributed by atoms with E-state index in [0.717, 1.165) is 49.9 Å². The number of phenols is 1. The summed E-state index contributed by atoms with van der Waals surface area (Å²) < 4.78 is 70.8. The summed E-state index contributed by atoms with van der Waals surface area (Å²) in [7, 11) is 0. The Bertz CT molecular complexity index is 1980. The van der Waals surface area contributed by atoms with E-state index in [0.29, 0.717) is 37.3 Å². The number of hydrogen-bond acceptors (Lipinski definition) is 7. The Hall–Kier alpha value is -4.27. The lowest BCUT2D eigenvalue weighted by molar-refractivity contribution is 0.0498. The molecular weight excluding hydrogens is 622 g/mol. The number of fused-ring (bicyclic) bond motifs is 5. The Kier molecular flexibility index (Phi) is 6.76. The van der Waals surface area contributed by atoms with E-state index >= 15 is 13.2 Å². The van der Waals surface area contributed by atoms with Crippen LogP contribution in [0.4, 0.5) is 17.6 Å². The Morgan fingerprint density at radius 2 is 2.00 bits per heavy atom. The number of hydrogen-bond donors (Lipinski definition) is 2. The minimum absolute atomic E-state index is 0.0614. The maximum atomic E-state index is 17.5. The minimum atomic E-state index is -0.980. The first-order valence-corrected chi connectivity index (χ1v) is 16.8. The van der Waals surface area contributed by atoms with Crippen LogP contribution in [0.1, 0.15) is 62.5 Å². The maximum absolute atomic E-state index is 17.5. The normalized spacial score (nSPS) is 29.8. The summed E-state index contributed by atoms with van der Waals surface area (Å²) >= 11 is 0. The van der Waals surface area contributed by atoms with Gasteiger partial charge in [-0.3, -0.25) is 14.8 Å². The summed E-state index contributed by atoms with van der Waals surface area (Å²) in [6, 6.07) is 5.43. The van der Waals surface area contributed by atoms with Gasteiger partial charge in [0.25, 0.3) is 0 Å². The van der Waals surface area contributed by atoms with E-state index in [1.807, 2.05) is 0 Å². The highest BCUT2D eigenvalue weighted by Crippen LogP contribution is 2.49. The van der Waals surface area contributed by atoms with E-state index in [1.54, 1.807) is 4.90 Å². The molecular formula is C37H35F4N5O2. The van der Waals surface area contributed by atoms with Crippen molar-refractivity contribution in [2.75, 3.05) is 26.4 Å². The van der Waals surface area contributed by atoms with Crippen molar-refractivity contribution in [2.45, 2.75) is 69.1 Å². The van der Waals surface area contributed by atoms with Gasteiger partial charge in [0.2, 0.25) is 5.88 Å². The third-order valence-corrected chi connectivity index (χ3v) is 11.4. The van der Waals surface area contributed by atoms with Crippen molar-refractivity contribution in [1.82, 2.24) is 20.2 Å². The van der Waals surface area contributed by atoms with E-state index in [2.05, 4.69) is 21.3 Å². The van der Waals surface area contributed by atoms with Gasteiger partial charge in [-0.2, -0.15) is 0 Å². The molecule has 0 aromatic heterocycles. The molecule has 0 unspecified atom stereocenters. The van der Waals surface area contributed by atoms with Crippen LogP contribution in [0, 0.1) is 24.1 Å². The molecule has 4 bridgehead atoms. The average molecular weight is 658 g/mol. The van der Waals surface area contributed by atoms with Crippen LogP contribution in [-0.4, -0.2) is 69.9 Å². The van der Waals surface area contributed by atoms with Crippen molar-refractivity contribution in [3.63, 3.8) is 0 Å². The number of benzene rings is 2. The standard InChI is InChI=1S/C37H35F4N5O2/c1-2-23-26(39)8-7-20-13-22(47)14-25(32(20)23)33-27(40)15-31(48-18-37-11-4-12-44(37)17-21(38)16-37)46-30(35(33)41)6-3-5-24-28-9-10-29-34(24)36(46)42-19-45(29)43-28/h1,7-8,13-15,21,24,28,43,47H,3-6,9-12,16-19H2/t21-,24+,28+,37+/m1/s1. The van der Waals surface area contributed by atoms with Crippen molar-refractivity contribution in [2.24, 2.45) is 10.9 Å². The summed E-state index contributed by atoms with van der Waals surface area (Å²) in [5.41, 5.74) is 4.69. The summed E-state index contributed by atoms with van der Waals surface area (Å²) in [5, 5.41) is 13.2. The summed E-state index contributed by atoms with van der Waals surface area (Å²) in [6.07, 6.45) is 11.4. The van der Waals surface area contributed by atoms with Gasteiger partial charge < -0.3 is 9.84 Å². The van der Waals surface area contributed by atoms with Crippen LogP contribution in [0.25, 0.3) is 16.3 Å². The molecule has 0 spiro atoms. The lowest BCUT2D eigenvalue weighted by atomic mass is 9.74. The molecule has 11 heteroatoms. The van der Waals surface area contributed by atoms with E-state index < -0.39 is 34.8 Å². The molecule has 0 radical (unpaired) electrons. The maximum Gasteiger partial charge on any atom is 0.202 e. The Balaban J connectivity index is 1.25. The molecule has 2 aromatic carbocycles. The zero-order valence-electron chi connectivity index (χ0n) is 26.3. The van der Waals surface area contributed by atoms with Crippen LogP contribution < -0.4 is 5.43 Å². The molecule has 4 fully saturated rings. The summed E-state index contributed by atoms with van der Waals surface area (Å²) in [5.74, 6) is 0.322.